The smallest absolute Gasteiger partial charge is 0.0406 e. The fraction of sp³-hybridized carbons (Fsp3) is 0.333. The van der Waals surface area contributed by atoms with Crippen LogP contribution >= 0.6 is 22.9 Å². The second-order valence-corrected chi connectivity index (χ2v) is 6.49. The Morgan fingerprint density at radius 1 is 1.22 bits per heavy atom. The molecule has 96 valence electrons. The summed E-state index contributed by atoms with van der Waals surface area (Å²) in [6.07, 6.45) is 0. The van der Waals surface area contributed by atoms with Crippen LogP contribution in [-0.4, -0.2) is 0 Å². The topological polar surface area (TPSA) is 12.0 Å². The number of halogens is 1. The zero-order chi connectivity index (χ0) is 13.1. The fourth-order valence-electron chi connectivity index (χ4n) is 1.99. The third kappa shape index (κ3) is 3.35. The van der Waals surface area contributed by atoms with Crippen LogP contribution < -0.4 is 5.32 Å². The van der Waals surface area contributed by atoms with E-state index in [1.54, 1.807) is 0 Å². The van der Waals surface area contributed by atoms with Crippen molar-refractivity contribution in [2.24, 2.45) is 0 Å². The Morgan fingerprint density at radius 2 is 1.89 bits per heavy atom. The van der Waals surface area contributed by atoms with Gasteiger partial charge in [0, 0.05) is 27.4 Å². The largest absolute Gasteiger partial charge is 0.306 e. The lowest BCUT2D eigenvalue weighted by molar-refractivity contribution is 0.574. The molecular formula is C15H18ClNS. The van der Waals surface area contributed by atoms with Crippen LogP contribution in [0, 0.1) is 13.8 Å². The second-order valence-electron chi connectivity index (χ2n) is 4.59. The molecular weight excluding hydrogens is 262 g/mol. The fourth-order valence-corrected chi connectivity index (χ4v) is 3.06. The van der Waals surface area contributed by atoms with E-state index in [1.165, 1.54) is 20.9 Å². The van der Waals surface area contributed by atoms with Crippen molar-refractivity contribution in [2.75, 3.05) is 0 Å². The van der Waals surface area contributed by atoms with Gasteiger partial charge in [0.05, 0.1) is 0 Å². The molecule has 1 N–H and O–H groups in total. The van der Waals surface area contributed by atoms with E-state index in [2.05, 4.69) is 44.3 Å². The number of hydrogen-bond acceptors (Lipinski definition) is 2. The number of aryl methyl sites for hydroxylation is 2. The predicted octanol–water partition coefficient (Wildman–Crippen LogP) is 4.87. The molecule has 0 fully saturated rings. The third-order valence-electron chi connectivity index (χ3n) is 3.11. The van der Waals surface area contributed by atoms with Crippen LogP contribution in [0.2, 0.25) is 5.02 Å². The SMILES string of the molecule is Cc1cc(CN[C@@H](C)c2ccc(Cl)cc2)c(C)s1. The lowest BCUT2D eigenvalue weighted by Gasteiger charge is -2.14. The summed E-state index contributed by atoms with van der Waals surface area (Å²) in [6.45, 7) is 7.43. The average molecular weight is 280 g/mol. The summed E-state index contributed by atoms with van der Waals surface area (Å²) in [5.74, 6) is 0. The summed E-state index contributed by atoms with van der Waals surface area (Å²) in [4.78, 5) is 2.78. The van der Waals surface area contributed by atoms with Crippen LogP contribution in [0.5, 0.6) is 0 Å². The van der Waals surface area contributed by atoms with E-state index >= 15 is 0 Å². The maximum absolute atomic E-state index is 5.89. The van der Waals surface area contributed by atoms with Crippen LogP contribution in [-0.2, 0) is 6.54 Å². The molecule has 3 heteroatoms. The first-order chi connectivity index (χ1) is 8.56. The quantitative estimate of drug-likeness (QED) is 0.842. The van der Waals surface area contributed by atoms with Crippen LogP contribution in [0.4, 0.5) is 0 Å². The molecule has 0 bridgehead atoms. The summed E-state index contributed by atoms with van der Waals surface area (Å²) < 4.78 is 0. The first-order valence-electron chi connectivity index (χ1n) is 6.11. The molecule has 1 aromatic heterocycles. The normalized spacial score (nSPS) is 12.7. The number of hydrogen-bond donors (Lipinski definition) is 1. The highest BCUT2D eigenvalue weighted by molar-refractivity contribution is 7.12. The van der Waals surface area contributed by atoms with Gasteiger partial charge in [-0.15, -0.1) is 11.3 Å². The zero-order valence-electron chi connectivity index (χ0n) is 11.0. The third-order valence-corrected chi connectivity index (χ3v) is 4.37. The van der Waals surface area contributed by atoms with Crippen molar-refractivity contribution in [1.29, 1.82) is 0 Å². The molecule has 0 saturated heterocycles. The molecule has 1 nitrogen and oxygen atoms in total. The zero-order valence-corrected chi connectivity index (χ0v) is 12.5. The van der Waals surface area contributed by atoms with Gasteiger partial charge >= 0.3 is 0 Å². The minimum absolute atomic E-state index is 0.335. The molecule has 0 aliphatic carbocycles. The van der Waals surface area contributed by atoms with E-state index in [4.69, 9.17) is 11.6 Å². The average Bonchev–Trinajstić information content (AvgIpc) is 2.66. The number of rotatable bonds is 4. The monoisotopic (exact) mass is 279 g/mol. The van der Waals surface area contributed by atoms with Crippen molar-refractivity contribution in [3.63, 3.8) is 0 Å². The Balaban J connectivity index is 1.98. The summed E-state index contributed by atoms with van der Waals surface area (Å²) in [6, 6.07) is 10.6. The van der Waals surface area contributed by atoms with Crippen molar-refractivity contribution in [3.05, 3.63) is 56.2 Å². The Morgan fingerprint density at radius 3 is 2.44 bits per heavy atom. The molecule has 2 aromatic rings. The molecule has 1 atom stereocenters. The first kappa shape index (κ1) is 13.6. The highest BCUT2D eigenvalue weighted by atomic mass is 35.5. The molecule has 0 spiro atoms. The molecule has 0 radical (unpaired) electrons. The lowest BCUT2D eigenvalue weighted by atomic mass is 10.1. The Bertz CT molecular complexity index is 516. The Labute approximate surface area is 118 Å². The lowest BCUT2D eigenvalue weighted by Crippen LogP contribution is -2.18. The standard InChI is InChI=1S/C15H18ClNS/c1-10-8-14(12(3)18-10)9-17-11(2)13-4-6-15(16)7-5-13/h4-8,11,17H,9H2,1-3H3/t11-/m0/s1. The van der Waals surface area contributed by atoms with Crippen LogP contribution in [0.15, 0.2) is 30.3 Å². The summed E-state index contributed by atoms with van der Waals surface area (Å²) in [7, 11) is 0. The van der Waals surface area contributed by atoms with Gasteiger partial charge in [0.2, 0.25) is 0 Å². The summed E-state index contributed by atoms with van der Waals surface area (Å²) in [5.41, 5.74) is 2.67. The van der Waals surface area contributed by atoms with Crippen molar-refractivity contribution < 1.29 is 0 Å². The van der Waals surface area contributed by atoms with Crippen molar-refractivity contribution >= 4 is 22.9 Å². The van der Waals surface area contributed by atoms with Crippen LogP contribution in [0.3, 0.4) is 0 Å². The van der Waals surface area contributed by atoms with Gasteiger partial charge < -0.3 is 5.32 Å². The second kappa shape index (κ2) is 5.87. The van der Waals surface area contributed by atoms with E-state index in [0.29, 0.717) is 6.04 Å². The molecule has 0 amide bonds. The van der Waals surface area contributed by atoms with Crippen molar-refractivity contribution in [2.45, 2.75) is 33.4 Å². The van der Waals surface area contributed by atoms with Gasteiger partial charge in [-0.1, -0.05) is 23.7 Å². The van der Waals surface area contributed by atoms with E-state index in [9.17, 15) is 0 Å². The van der Waals surface area contributed by atoms with E-state index in [1.807, 2.05) is 23.5 Å². The Kier molecular flexibility index (Phi) is 4.44. The first-order valence-corrected chi connectivity index (χ1v) is 7.30. The number of benzene rings is 1. The summed E-state index contributed by atoms with van der Waals surface area (Å²) >= 11 is 7.76. The molecule has 18 heavy (non-hydrogen) atoms. The van der Waals surface area contributed by atoms with Gasteiger partial charge in [-0.05, 0) is 50.1 Å². The van der Waals surface area contributed by atoms with Crippen molar-refractivity contribution in [3.8, 4) is 0 Å². The predicted molar refractivity (Wildman–Crippen MR) is 80.5 cm³/mol. The van der Waals surface area contributed by atoms with Crippen molar-refractivity contribution in [1.82, 2.24) is 5.32 Å². The minimum Gasteiger partial charge on any atom is -0.306 e. The van der Waals surface area contributed by atoms with E-state index < -0.39 is 0 Å². The molecule has 0 aliphatic rings. The number of nitrogens with one attached hydrogen (secondary N) is 1. The van der Waals surface area contributed by atoms with Crippen LogP contribution in [0.1, 0.15) is 33.8 Å². The van der Waals surface area contributed by atoms with Gasteiger partial charge in [0.25, 0.3) is 0 Å². The van der Waals surface area contributed by atoms with Crippen LogP contribution in [0.25, 0.3) is 0 Å². The van der Waals surface area contributed by atoms with Gasteiger partial charge in [-0.25, -0.2) is 0 Å². The molecule has 1 heterocycles. The Hall–Kier alpha value is -0.830. The molecule has 0 saturated carbocycles. The summed E-state index contributed by atoms with van der Waals surface area (Å²) in [5, 5.41) is 4.34. The molecule has 1 aromatic carbocycles. The van der Waals surface area contributed by atoms with Gasteiger partial charge in [0.15, 0.2) is 0 Å². The number of thiophene rings is 1. The molecule has 0 aliphatic heterocycles. The molecule has 0 unspecified atom stereocenters. The van der Waals surface area contributed by atoms with Gasteiger partial charge in [-0.3, -0.25) is 0 Å². The van der Waals surface area contributed by atoms with Gasteiger partial charge in [0.1, 0.15) is 0 Å². The maximum atomic E-state index is 5.89. The molecule has 2 rings (SSSR count). The highest BCUT2D eigenvalue weighted by Crippen LogP contribution is 2.22. The van der Waals surface area contributed by atoms with E-state index in [-0.39, 0.29) is 0 Å². The van der Waals surface area contributed by atoms with Gasteiger partial charge in [-0.2, -0.15) is 0 Å². The maximum Gasteiger partial charge on any atom is 0.0406 e. The van der Waals surface area contributed by atoms with E-state index in [0.717, 1.165) is 11.6 Å². The minimum atomic E-state index is 0.335. The highest BCUT2D eigenvalue weighted by Gasteiger charge is 2.07.